The molecule has 2 aromatic carbocycles. The van der Waals surface area contributed by atoms with Crippen LogP contribution in [0.15, 0.2) is 77.0 Å². The molecule has 1 aliphatic heterocycles. The van der Waals surface area contributed by atoms with Crippen molar-refractivity contribution in [3.63, 3.8) is 0 Å². The van der Waals surface area contributed by atoms with E-state index in [1.165, 1.54) is 17.7 Å². The first-order chi connectivity index (χ1) is 12.7. The molecular formula is C21H17FN4. The van der Waals surface area contributed by atoms with Gasteiger partial charge >= 0.3 is 0 Å². The standard InChI is InChI=1S/C21H17FN4/c1-2-14-5-10-18-19(12-14)25-21(16-4-3-11-23-13-16)26-20(24-18)15-6-8-17(22)9-7-15/h3-13H,2H2,1H3,(H,24,25,26). The van der Waals surface area contributed by atoms with E-state index in [2.05, 4.69) is 29.4 Å². The summed E-state index contributed by atoms with van der Waals surface area (Å²) in [6, 6.07) is 16.1. The first-order valence-corrected chi connectivity index (χ1v) is 8.46. The van der Waals surface area contributed by atoms with Crippen LogP contribution in [-0.4, -0.2) is 16.7 Å². The zero-order chi connectivity index (χ0) is 17.9. The van der Waals surface area contributed by atoms with Crippen LogP contribution in [0.2, 0.25) is 0 Å². The fourth-order valence-electron chi connectivity index (χ4n) is 2.77. The van der Waals surface area contributed by atoms with Crippen molar-refractivity contribution in [3.05, 3.63) is 89.5 Å². The first kappa shape index (κ1) is 16.1. The molecule has 0 fully saturated rings. The van der Waals surface area contributed by atoms with Gasteiger partial charge in [0.15, 0.2) is 5.84 Å². The van der Waals surface area contributed by atoms with Gasteiger partial charge in [0.2, 0.25) is 0 Å². The monoisotopic (exact) mass is 344 g/mol. The van der Waals surface area contributed by atoms with Gasteiger partial charge in [0.25, 0.3) is 0 Å². The lowest BCUT2D eigenvalue weighted by Crippen LogP contribution is -2.15. The number of fused-ring (bicyclic) bond motifs is 1. The summed E-state index contributed by atoms with van der Waals surface area (Å²) in [5.41, 5.74) is 4.51. The molecule has 128 valence electrons. The summed E-state index contributed by atoms with van der Waals surface area (Å²) in [5, 5.41) is 3.38. The molecule has 0 unspecified atom stereocenters. The summed E-state index contributed by atoms with van der Waals surface area (Å²) in [6.45, 7) is 2.11. The molecule has 3 aromatic rings. The summed E-state index contributed by atoms with van der Waals surface area (Å²) < 4.78 is 13.3. The Balaban J connectivity index is 1.88. The number of halogens is 1. The Morgan fingerprint density at radius 2 is 1.81 bits per heavy atom. The minimum Gasteiger partial charge on any atom is -0.338 e. The zero-order valence-corrected chi connectivity index (χ0v) is 14.3. The van der Waals surface area contributed by atoms with Crippen LogP contribution >= 0.6 is 0 Å². The molecule has 2 heterocycles. The van der Waals surface area contributed by atoms with Gasteiger partial charge in [-0.05, 0) is 60.5 Å². The molecule has 0 saturated heterocycles. The lowest BCUT2D eigenvalue weighted by atomic mass is 10.1. The van der Waals surface area contributed by atoms with Crippen molar-refractivity contribution in [2.45, 2.75) is 13.3 Å². The van der Waals surface area contributed by atoms with Crippen LogP contribution < -0.4 is 5.32 Å². The average molecular weight is 344 g/mol. The fourth-order valence-corrected chi connectivity index (χ4v) is 2.77. The Morgan fingerprint density at radius 3 is 2.54 bits per heavy atom. The van der Waals surface area contributed by atoms with Crippen LogP contribution in [0.25, 0.3) is 0 Å². The molecule has 26 heavy (non-hydrogen) atoms. The van der Waals surface area contributed by atoms with Gasteiger partial charge in [0.1, 0.15) is 11.7 Å². The first-order valence-electron chi connectivity index (χ1n) is 8.46. The van der Waals surface area contributed by atoms with Crippen molar-refractivity contribution in [2.24, 2.45) is 9.98 Å². The molecule has 0 bridgehead atoms. The van der Waals surface area contributed by atoms with Gasteiger partial charge in [-0.2, -0.15) is 0 Å². The van der Waals surface area contributed by atoms with E-state index in [-0.39, 0.29) is 5.82 Å². The van der Waals surface area contributed by atoms with Gasteiger partial charge in [0.05, 0.1) is 11.4 Å². The van der Waals surface area contributed by atoms with Gasteiger partial charge < -0.3 is 5.32 Å². The third-order valence-corrected chi connectivity index (χ3v) is 4.20. The average Bonchev–Trinajstić information content (AvgIpc) is 2.88. The van der Waals surface area contributed by atoms with E-state index in [9.17, 15) is 4.39 Å². The van der Waals surface area contributed by atoms with Crippen LogP contribution in [0, 0.1) is 5.82 Å². The number of benzene rings is 2. The van der Waals surface area contributed by atoms with Crippen molar-refractivity contribution >= 4 is 23.0 Å². The predicted molar refractivity (Wildman–Crippen MR) is 103 cm³/mol. The molecule has 1 N–H and O–H groups in total. The minimum atomic E-state index is -0.287. The highest BCUT2D eigenvalue weighted by Gasteiger charge is 2.16. The second-order valence-electron chi connectivity index (χ2n) is 5.97. The zero-order valence-electron chi connectivity index (χ0n) is 14.3. The van der Waals surface area contributed by atoms with Gasteiger partial charge in [-0.1, -0.05) is 13.0 Å². The lowest BCUT2D eigenvalue weighted by molar-refractivity contribution is 0.628. The number of anilines is 1. The van der Waals surface area contributed by atoms with E-state index < -0.39 is 0 Å². The van der Waals surface area contributed by atoms with Gasteiger partial charge in [-0.3, -0.25) is 4.98 Å². The predicted octanol–water partition coefficient (Wildman–Crippen LogP) is 4.73. The maximum atomic E-state index is 13.3. The molecule has 0 amide bonds. The van der Waals surface area contributed by atoms with Gasteiger partial charge in [-0.15, -0.1) is 0 Å². The van der Waals surface area contributed by atoms with Crippen LogP contribution in [0.4, 0.5) is 15.8 Å². The van der Waals surface area contributed by atoms with Crippen molar-refractivity contribution in [3.8, 4) is 0 Å². The normalized spacial score (nSPS) is 13.2. The van der Waals surface area contributed by atoms with Crippen molar-refractivity contribution in [1.29, 1.82) is 0 Å². The second-order valence-corrected chi connectivity index (χ2v) is 5.97. The summed E-state index contributed by atoms with van der Waals surface area (Å²) in [5.74, 6) is 0.901. The quantitative estimate of drug-likeness (QED) is 0.746. The molecule has 4 nitrogen and oxygen atoms in total. The highest BCUT2D eigenvalue weighted by Crippen LogP contribution is 2.30. The number of nitrogens with one attached hydrogen (secondary N) is 1. The number of aryl methyl sites for hydroxylation is 1. The number of hydrogen-bond donors (Lipinski definition) is 1. The summed E-state index contributed by atoms with van der Waals surface area (Å²) in [7, 11) is 0. The van der Waals surface area contributed by atoms with Crippen LogP contribution in [0.5, 0.6) is 0 Å². The van der Waals surface area contributed by atoms with Gasteiger partial charge in [0, 0.05) is 23.5 Å². The van der Waals surface area contributed by atoms with Crippen molar-refractivity contribution in [1.82, 2.24) is 4.98 Å². The third-order valence-electron chi connectivity index (χ3n) is 4.20. The number of amidine groups is 2. The summed E-state index contributed by atoms with van der Waals surface area (Å²) in [4.78, 5) is 13.6. The number of pyridine rings is 1. The molecule has 1 aromatic heterocycles. The Bertz CT molecular complexity index is 992. The second kappa shape index (κ2) is 6.88. The molecule has 5 heteroatoms. The van der Waals surface area contributed by atoms with E-state index in [0.717, 1.165) is 28.9 Å². The number of rotatable bonds is 3. The summed E-state index contributed by atoms with van der Waals surface area (Å²) >= 11 is 0. The highest BCUT2D eigenvalue weighted by atomic mass is 19.1. The van der Waals surface area contributed by atoms with Gasteiger partial charge in [-0.25, -0.2) is 14.4 Å². The SMILES string of the molecule is CCc1ccc2c(c1)NC(c1cccnc1)=NC(c1ccc(F)cc1)=N2. The van der Waals surface area contributed by atoms with Crippen molar-refractivity contribution < 1.29 is 4.39 Å². The molecule has 0 aliphatic carbocycles. The molecule has 0 radical (unpaired) electrons. The van der Waals surface area contributed by atoms with E-state index >= 15 is 0 Å². The van der Waals surface area contributed by atoms with Crippen LogP contribution in [-0.2, 0) is 6.42 Å². The topological polar surface area (TPSA) is 49.6 Å². The molecular weight excluding hydrogens is 327 g/mol. The molecule has 0 saturated carbocycles. The number of nitrogens with zero attached hydrogens (tertiary/aromatic N) is 3. The number of aliphatic imine (C=N–C) groups is 2. The molecule has 0 atom stereocenters. The highest BCUT2D eigenvalue weighted by molar-refractivity contribution is 6.19. The van der Waals surface area contributed by atoms with E-state index in [1.807, 2.05) is 18.2 Å². The molecule has 4 rings (SSSR count). The van der Waals surface area contributed by atoms with E-state index in [1.54, 1.807) is 24.5 Å². The summed E-state index contributed by atoms with van der Waals surface area (Å²) in [6.07, 6.45) is 4.41. The number of hydrogen-bond acceptors (Lipinski definition) is 4. The largest absolute Gasteiger partial charge is 0.338 e. The molecule has 1 aliphatic rings. The Hall–Kier alpha value is -3.34. The van der Waals surface area contributed by atoms with E-state index in [0.29, 0.717) is 11.7 Å². The maximum absolute atomic E-state index is 13.3. The molecule has 0 spiro atoms. The van der Waals surface area contributed by atoms with Crippen molar-refractivity contribution in [2.75, 3.05) is 5.32 Å². The Kier molecular flexibility index (Phi) is 4.27. The minimum absolute atomic E-state index is 0.287. The van der Waals surface area contributed by atoms with Crippen LogP contribution in [0.1, 0.15) is 23.6 Å². The smallest absolute Gasteiger partial charge is 0.162 e. The fraction of sp³-hybridized carbons (Fsp3) is 0.0952. The maximum Gasteiger partial charge on any atom is 0.162 e. The number of aromatic nitrogens is 1. The Morgan fingerprint density at radius 1 is 0.962 bits per heavy atom. The van der Waals surface area contributed by atoms with E-state index in [4.69, 9.17) is 9.98 Å². The Labute approximate surface area is 151 Å². The lowest BCUT2D eigenvalue weighted by Gasteiger charge is -2.10. The van der Waals surface area contributed by atoms with Crippen LogP contribution in [0.3, 0.4) is 0 Å². The third kappa shape index (κ3) is 3.24.